The molecule has 1 aliphatic rings. The van der Waals surface area contributed by atoms with Gasteiger partial charge in [0.2, 0.25) is 5.91 Å². The standard InChI is InChI=1S/C19H30N2O/c1-16(2)11-12-20-19(22)10-4-3-7-13-21-14-17-8-5-6-9-18(17)15-21/h5-6,8-9,16H,3-4,7,10-15H2,1-2H3,(H,20,22). The molecule has 0 aromatic heterocycles. The van der Waals surface area contributed by atoms with Crippen LogP contribution in [0.15, 0.2) is 24.3 Å². The highest BCUT2D eigenvalue weighted by Crippen LogP contribution is 2.22. The van der Waals surface area contributed by atoms with Gasteiger partial charge in [0, 0.05) is 26.1 Å². The van der Waals surface area contributed by atoms with Crippen molar-refractivity contribution in [3.05, 3.63) is 35.4 Å². The molecule has 1 N–H and O–H groups in total. The predicted octanol–water partition coefficient (Wildman–Crippen LogP) is 3.72. The molecule has 1 aromatic carbocycles. The number of fused-ring (bicyclic) bond motifs is 1. The van der Waals surface area contributed by atoms with Crippen LogP contribution in [0.3, 0.4) is 0 Å². The van der Waals surface area contributed by atoms with Gasteiger partial charge in [-0.25, -0.2) is 0 Å². The van der Waals surface area contributed by atoms with Crippen molar-refractivity contribution in [3.8, 4) is 0 Å². The highest BCUT2D eigenvalue weighted by molar-refractivity contribution is 5.75. The summed E-state index contributed by atoms with van der Waals surface area (Å²) >= 11 is 0. The number of unbranched alkanes of at least 4 members (excludes halogenated alkanes) is 2. The lowest BCUT2D eigenvalue weighted by molar-refractivity contribution is -0.121. The zero-order valence-corrected chi connectivity index (χ0v) is 14.1. The Morgan fingerprint density at radius 3 is 2.45 bits per heavy atom. The molecule has 1 heterocycles. The zero-order valence-electron chi connectivity index (χ0n) is 14.1. The van der Waals surface area contributed by atoms with Gasteiger partial charge < -0.3 is 5.32 Å². The van der Waals surface area contributed by atoms with E-state index in [0.717, 1.165) is 45.4 Å². The van der Waals surface area contributed by atoms with E-state index in [1.165, 1.54) is 17.5 Å². The van der Waals surface area contributed by atoms with E-state index < -0.39 is 0 Å². The number of hydrogen-bond donors (Lipinski definition) is 1. The Kier molecular flexibility index (Phi) is 6.91. The Balaban J connectivity index is 1.49. The van der Waals surface area contributed by atoms with Gasteiger partial charge in [0.25, 0.3) is 0 Å². The average Bonchev–Trinajstić information content (AvgIpc) is 2.89. The van der Waals surface area contributed by atoms with Crippen LogP contribution in [0.4, 0.5) is 0 Å². The first-order valence-corrected chi connectivity index (χ1v) is 8.71. The molecule has 0 unspecified atom stereocenters. The summed E-state index contributed by atoms with van der Waals surface area (Å²) in [6, 6.07) is 8.72. The second-order valence-electron chi connectivity index (χ2n) is 6.82. The third-order valence-electron chi connectivity index (χ3n) is 4.33. The summed E-state index contributed by atoms with van der Waals surface area (Å²) in [6.07, 6.45) is 5.09. The molecule has 22 heavy (non-hydrogen) atoms. The van der Waals surface area contributed by atoms with Gasteiger partial charge in [-0.15, -0.1) is 0 Å². The Bertz CT molecular complexity index is 445. The molecular weight excluding hydrogens is 272 g/mol. The van der Waals surface area contributed by atoms with Gasteiger partial charge in [-0.05, 0) is 42.9 Å². The van der Waals surface area contributed by atoms with Crippen molar-refractivity contribution in [3.63, 3.8) is 0 Å². The van der Waals surface area contributed by atoms with Crippen LogP contribution >= 0.6 is 0 Å². The number of carbonyl (C=O) groups excluding carboxylic acids is 1. The van der Waals surface area contributed by atoms with E-state index in [2.05, 4.69) is 48.3 Å². The lowest BCUT2D eigenvalue weighted by Crippen LogP contribution is -2.25. The summed E-state index contributed by atoms with van der Waals surface area (Å²) in [5, 5.41) is 3.01. The summed E-state index contributed by atoms with van der Waals surface area (Å²) < 4.78 is 0. The van der Waals surface area contributed by atoms with Crippen LogP contribution < -0.4 is 5.32 Å². The maximum absolute atomic E-state index is 11.7. The van der Waals surface area contributed by atoms with Gasteiger partial charge in [0.15, 0.2) is 0 Å². The minimum absolute atomic E-state index is 0.217. The smallest absolute Gasteiger partial charge is 0.219 e. The second-order valence-corrected chi connectivity index (χ2v) is 6.82. The Morgan fingerprint density at radius 2 is 1.82 bits per heavy atom. The van der Waals surface area contributed by atoms with E-state index in [1.54, 1.807) is 0 Å². The summed E-state index contributed by atoms with van der Waals surface area (Å²) in [5.74, 6) is 0.874. The monoisotopic (exact) mass is 302 g/mol. The van der Waals surface area contributed by atoms with E-state index in [0.29, 0.717) is 12.3 Å². The average molecular weight is 302 g/mol. The van der Waals surface area contributed by atoms with Crippen molar-refractivity contribution in [2.75, 3.05) is 13.1 Å². The van der Waals surface area contributed by atoms with E-state index in [4.69, 9.17) is 0 Å². The largest absolute Gasteiger partial charge is 0.356 e. The molecule has 3 heteroatoms. The molecular formula is C19H30N2O. The van der Waals surface area contributed by atoms with E-state index in [-0.39, 0.29) is 5.91 Å². The van der Waals surface area contributed by atoms with Crippen LogP contribution in [0.2, 0.25) is 0 Å². The quantitative estimate of drug-likeness (QED) is 0.705. The first kappa shape index (κ1) is 17.0. The SMILES string of the molecule is CC(C)CCNC(=O)CCCCCN1Cc2ccccc2C1. The third-order valence-corrected chi connectivity index (χ3v) is 4.33. The van der Waals surface area contributed by atoms with Gasteiger partial charge in [-0.2, -0.15) is 0 Å². The van der Waals surface area contributed by atoms with E-state index in [1.807, 2.05) is 0 Å². The molecule has 1 aromatic rings. The van der Waals surface area contributed by atoms with E-state index >= 15 is 0 Å². The highest BCUT2D eigenvalue weighted by atomic mass is 16.1. The van der Waals surface area contributed by atoms with Crippen LogP contribution in [0.25, 0.3) is 0 Å². The fourth-order valence-electron chi connectivity index (χ4n) is 2.95. The number of hydrogen-bond acceptors (Lipinski definition) is 2. The van der Waals surface area contributed by atoms with Crippen LogP contribution in [0, 0.1) is 5.92 Å². The zero-order chi connectivity index (χ0) is 15.8. The number of nitrogens with one attached hydrogen (secondary N) is 1. The fraction of sp³-hybridized carbons (Fsp3) is 0.632. The molecule has 0 fully saturated rings. The van der Waals surface area contributed by atoms with Crippen LogP contribution in [0.5, 0.6) is 0 Å². The molecule has 3 nitrogen and oxygen atoms in total. The highest BCUT2D eigenvalue weighted by Gasteiger charge is 2.17. The summed E-state index contributed by atoms with van der Waals surface area (Å²) in [4.78, 5) is 14.2. The van der Waals surface area contributed by atoms with Crippen LogP contribution in [-0.2, 0) is 17.9 Å². The van der Waals surface area contributed by atoms with E-state index in [9.17, 15) is 4.79 Å². The van der Waals surface area contributed by atoms with Crippen molar-refractivity contribution < 1.29 is 4.79 Å². The molecule has 0 saturated heterocycles. The summed E-state index contributed by atoms with van der Waals surface area (Å²) in [5.41, 5.74) is 2.96. The minimum atomic E-state index is 0.217. The fourth-order valence-corrected chi connectivity index (χ4v) is 2.95. The third kappa shape index (κ3) is 5.80. The molecule has 0 atom stereocenters. The maximum Gasteiger partial charge on any atom is 0.219 e. The molecule has 1 aliphatic heterocycles. The Morgan fingerprint density at radius 1 is 1.14 bits per heavy atom. The Labute approximate surface area is 135 Å². The van der Waals surface area contributed by atoms with Crippen molar-refractivity contribution in [2.24, 2.45) is 5.92 Å². The first-order chi connectivity index (χ1) is 10.6. The maximum atomic E-state index is 11.7. The lowest BCUT2D eigenvalue weighted by atomic mass is 10.1. The molecule has 0 bridgehead atoms. The predicted molar refractivity (Wildman–Crippen MR) is 91.5 cm³/mol. The normalized spacial score (nSPS) is 14.3. The first-order valence-electron chi connectivity index (χ1n) is 8.71. The molecule has 2 rings (SSSR count). The molecule has 0 aliphatic carbocycles. The number of amides is 1. The van der Waals surface area contributed by atoms with Crippen molar-refractivity contribution in [1.82, 2.24) is 10.2 Å². The van der Waals surface area contributed by atoms with Gasteiger partial charge in [0.05, 0.1) is 0 Å². The topological polar surface area (TPSA) is 32.3 Å². The van der Waals surface area contributed by atoms with Gasteiger partial charge in [-0.1, -0.05) is 44.5 Å². The van der Waals surface area contributed by atoms with Gasteiger partial charge in [0.1, 0.15) is 0 Å². The molecule has 0 spiro atoms. The molecule has 0 radical (unpaired) electrons. The summed E-state index contributed by atoms with van der Waals surface area (Å²) in [7, 11) is 0. The number of benzene rings is 1. The second kappa shape index (κ2) is 8.94. The van der Waals surface area contributed by atoms with Crippen molar-refractivity contribution >= 4 is 5.91 Å². The van der Waals surface area contributed by atoms with Gasteiger partial charge >= 0.3 is 0 Å². The Hall–Kier alpha value is -1.35. The summed E-state index contributed by atoms with van der Waals surface area (Å²) in [6.45, 7) is 8.51. The van der Waals surface area contributed by atoms with Crippen LogP contribution in [-0.4, -0.2) is 23.9 Å². The molecule has 1 amide bonds. The lowest BCUT2D eigenvalue weighted by Gasteiger charge is -2.14. The molecule has 0 saturated carbocycles. The number of carbonyl (C=O) groups is 1. The van der Waals surface area contributed by atoms with Crippen LogP contribution in [0.1, 0.15) is 57.1 Å². The minimum Gasteiger partial charge on any atom is -0.356 e. The van der Waals surface area contributed by atoms with Crippen molar-refractivity contribution in [2.45, 2.75) is 59.0 Å². The number of rotatable bonds is 9. The number of nitrogens with zero attached hydrogens (tertiary/aromatic N) is 1. The van der Waals surface area contributed by atoms with Crippen molar-refractivity contribution in [1.29, 1.82) is 0 Å². The molecule has 122 valence electrons. The van der Waals surface area contributed by atoms with Gasteiger partial charge in [-0.3, -0.25) is 9.69 Å².